The van der Waals surface area contributed by atoms with E-state index in [4.69, 9.17) is 19.3 Å². The van der Waals surface area contributed by atoms with Gasteiger partial charge in [-0.1, -0.05) is 30.9 Å². The summed E-state index contributed by atoms with van der Waals surface area (Å²) in [4.78, 5) is 25.9. The third kappa shape index (κ3) is 5.20. The molecule has 2 heterocycles. The van der Waals surface area contributed by atoms with Crippen molar-refractivity contribution >= 4 is 5.97 Å². The fourth-order valence-electron chi connectivity index (χ4n) is 3.76. The molecule has 2 aromatic rings. The molecule has 1 aromatic carbocycles. The summed E-state index contributed by atoms with van der Waals surface area (Å²) in [6.45, 7) is 5.93. The highest BCUT2D eigenvalue weighted by molar-refractivity contribution is 5.86. The van der Waals surface area contributed by atoms with Crippen LogP contribution in [0.4, 0.5) is 0 Å². The van der Waals surface area contributed by atoms with Gasteiger partial charge in [0, 0.05) is 37.3 Å². The third-order valence-corrected chi connectivity index (χ3v) is 5.42. The largest absolute Gasteiger partial charge is 0.458 e. The minimum absolute atomic E-state index is 0.0178. The van der Waals surface area contributed by atoms with Gasteiger partial charge in [0.1, 0.15) is 6.61 Å². The number of allylic oxidation sites excluding steroid dienone is 1. The summed E-state index contributed by atoms with van der Waals surface area (Å²) in [5, 5.41) is 8.97. The van der Waals surface area contributed by atoms with Gasteiger partial charge in [0.15, 0.2) is 0 Å². The number of benzene rings is 1. The molecule has 1 aromatic heterocycles. The van der Waals surface area contributed by atoms with E-state index >= 15 is 0 Å². The topological polar surface area (TPSA) is 91.9 Å². The van der Waals surface area contributed by atoms with Crippen molar-refractivity contribution in [1.82, 2.24) is 9.36 Å². The van der Waals surface area contributed by atoms with Gasteiger partial charge in [-0.05, 0) is 38.0 Å². The molecule has 0 radical (unpaired) electrons. The van der Waals surface area contributed by atoms with E-state index in [1.807, 2.05) is 49.0 Å². The molecule has 0 amide bonds. The molecule has 172 valence electrons. The summed E-state index contributed by atoms with van der Waals surface area (Å²) in [5.41, 5.74) is 1.97. The third-order valence-electron chi connectivity index (χ3n) is 5.42. The van der Waals surface area contributed by atoms with Gasteiger partial charge in [-0.3, -0.25) is 9.48 Å². The maximum Gasteiger partial charge on any atom is 0.373 e. The summed E-state index contributed by atoms with van der Waals surface area (Å²) in [5.74, 6) is -0.999. The Morgan fingerprint density at radius 3 is 2.75 bits per heavy atom. The predicted molar refractivity (Wildman–Crippen MR) is 119 cm³/mol. The summed E-state index contributed by atoms with van der Waals surface area (Å²) in [6, 6.07) is 9.39. The van der Waals surface area contributed by atoms with E-state index in [0.717, 1.165) is 11.4 Å². The molecule has 0 bridgehead atoms. The number of aliphatic hydroxyl groups is 1. The zero-order valence-corrected chi connectivity index (χ0v) is 18.5. The first-order chi connectivity index (χ1) is 15.5. The van der Waals surface area contributed by atoms with Gasteiger partial charge in [0.2, 0.25) is 12.0 Å². The molecule has 1 N–H and O–H groups in total. The molecule has 2 atom stereocenters. The highest BCUT2D eigenvalue weighted by Gasteiger charge is 2.33. The second-order valence-corrected chi connectivity index (χ2v) is 7.58. The second-order valence-electron chi connectivity index (χ2n) is 7.58. The van der Waals surface area contributed by atoms with Crippen molar-refractivity contribution in [2.75, 3.05) is 19.8 Å². The Hall–Kier alpha value is -3.10. The van der Waals surface area contributed by atoms with E-state index in [1.165, 1.54) is 6.08 Å². The Kier molecular flexibility index (Phi) is 8.08. The Balaban J connectivity index is 1.95. The number of carbonyl (C=O) groups is 1. The minimum atomic E-state index is -0.709. The Bertz CT molecular complexity index is 1020. The maximum absolute atomic E-state index is 13.4. The van der Waals surface area contributed by atoms with Crippen LogP contribution >= 0.6 is 0 Å². The van der Waals surface area contributed by atoms with Gasteiger partial charge in [0.25, 0.3) is 5.56 Å². The van der Waals surface area contributed by atoms with Crippen LogP contribution in [-0.4, -0.2) is 46.6 Å². The number of aromatic nitrogens is 2. The van der Waals surface area contributed by atoms with E-state index in [-0.39, 0.29) is 30.5 Å². The minimum Gasteiger partial charge on any atom is -0.458 e. The molecular formula is C24H30N2O6. The smallest absolute Gasteiger partial charge is 0.373 e. The molecule has 0 saturated heterocycles. The van der Waals surface area contributed by atoms with Crippen molar-refractivity contribution in [2.24, 2.45) is 7.05 Å². The molecule has 8 nitrogen and oxygen atoms in total. The number of nitrogens with zero attached hydrogens (tertiary/aromatic N) is 2. The normalized spacial score (nSPS) is 18.0. The molecule has 8 heteroatoms. The lowest BCUT2D eigenvalue weighted by atomic mass is 9.93. The molecule has 32 heavy (non-hydrogen) atoms. The van der Waals surface area contributed by atoms with Crippen LogP contribution in [-0.2, 0) is 26.1 Å². The summed E-state index contributed by atoms with van der Waals surface area (Å²) in [7, 11) is 1.83. The van der Waals surface area contributed by atoms with E-state index in [1.54, 1.807) is 10.8 Å². The van der Waals surface area contributed by atoms with Crippen LogP contribution in [0.1, 0.15) is 36.4 Å². The first-order valence-electron chi connectivity index (χ1n) is 10.7. The molecule has 1 aliphatic heterocycles. The van der Waals surface area contributed by atoms with E-state index < -0.39 is 12.3 Å². The monoisotopic (exact) mass is 442 g/mol. The Morgan fingerprint density at radius 1 is 1.31 bits per heavy atom. The van der Waals surface area contributed by atoms with Crippen LogP contribution in [0.2, 0.25) is 0 Å². The van der Waals surface area contributed by atoms with Gasteiger partial charge in [-0.2, -0.15) is 0 Å². The highest BCUT2D eigenvalue weighted by Crippen LogP contribution is 2.32. The van der Waals surface area contributed by atoms with Crippen LogP contribution in [0, 0.1) is 6.92 Å². The SMILES string of the molecule is C=CCOC(=O)C1=CC(c2c(C)n(C)n(-c3ccccc3)c2=O)CC(OCCCCO)O1. The summed E-state index contributed by atoms with van der Waals surface area (Å²) < 4.78 is 20.1. The average Bonchev–Trinajstić information content (AvgIpc) is 3.03. The first-order valence-corrected chi connectivity index (χ1v) is 10.7. The molecule has 0 fully saturated rings. The standard InChI is InChI=1S/C24H30N2O6/c1-4-13-31-24(29)20-15-18(16-21(32-20)30-14-9-8-12-27)22-17(2)25(3)26(23(22)28)19-10-6-5-7-11-19/h4-7,10-11,15,18,21,27H,1,8-9,12-14,16H2,2-3H3. The van der Waals surface area contributed by atoms with Crippen LogP contribution in [0.15, 0.2) is 59.6 Å². The zero-order chi connectivity index (χ0) is 23.1. The lowest BCUT2D eigenvalue weighted by Gasteiger charge is -2.28. The molecule has 3 rings (SSSR count). The molecule has 0 saturated carbocycles. The van der Waals surface area contributed by atoms with Crippen molar-refractivity contribution in [1.29, 1.82) is 0 Å². The van der Waals surface area contributed by atoms with Crippen molar-refractivity contribution in [3.05, 3.63) is 76.4 Å². The lowest BCUT2D eigenvalue weighted by molar-refractivity contribution is -0.160. The number of hydrogen-bond acceptors (Lipinski definition) is 6. The van der Waals surface area contributed by atoms with E-state index in [9.17, 15) is 9.59 Å². The van der Waals surface area contributed by atoms with Crippen molar-refractivity contribution in [3.8, 4) is 5.69 Å². The Labute approximate surface area is 187 Å². The summed E-state index contributed by atoms with van der Waals surface area (Å²) in [6.07, 6.45) is 4.05. The highest BCUT2D eigenvalue weighted by atomic mass is 16.7. The number of aliphatic hydroxyl groups excluding tert-OH is 1. The molecule has 0 spiro atoms. The first kappa shape index (κ1) is 23.6. The number of hydrogen-bond donors (Lipinski definition) is 1. The molecule has 2 unspecified atom stereocenters. The van der Waals surface area contributed by atoms with Gasteiger partial charge >= 0.3 is 5.97 Å². The molecular weight excluding hydrogens is 412 g/mol. The van der Waals surface area contributed by atoms with Crippen LogP contribution in [0.3, 0.4) is 0 Å². The lowest BCUT2D eigenvalue weighted by Crippen LogP contribution is -2.30. The fraction of sp³-hybridized carbons (Fsp3) is 0.417. The van der Waals surface area contributed by atoms with Gasteiger partial charge in [0.05, 0.1) is 12.3 Å². The van der Waals surface area contributed by atoms with Gasteiger partial charge < -0.3 is 19.3 Å². The fourth-order valence-corrected chi connectivity index (χ4v) is 3.76. The number of carbonyl (C=O) groups excluding carboxylic acids is 1. The number of para-hydroxylation sites is 1. The van der Waals surface area contributed by atoms with Crippen LogP contribution in [0.25, 0.3) is 5.69 Å². The van der Waals surface area contributed by atoms with Crippen molar-refractivity contribution in [2.45, 2.75) is 38.4 Å². The van der Waals surface area contributed by atoms with Crippen LogP contribution in [0.5, 0.6) is 0 Å². The predicted octanol–water partition coefficient (Wildman–Crippen LogP) is 2.72. The van der Waals surface area contributed by atoms with Gasteiger partial charge in [-0.15, -0.1) is 0 Å². The Morgan fingerprint density at radius 2 is 2.06 bits per heavy atom. The zero-order valence-electron chi connectivity index (χ0n) is 18.5. The van der Waals surface area contributed by atoms with Gasteiger partial charge in [-0.25, -0.2) is 9.48 Å². The van der Waals surface area contributed by atoms with E-state index in [2.05, 4.69) is 6.58 Å². The number of rotatable bonds is 10. The number of esters is 1. The van der Waals surface area contributed by atoms with Crippen LogP contribution < -0.4 is 5.56 Å². The second kappa shape index (κ2) is 11.0. The molecule has 0 aliphatic carbocycles. The quantitative estimate of drug-likeness (QED) is 0.346. The number of ether oxygens (including phenoxy) is 3. The number of unbranched alkanes of at least 4 members (excludes halogenated alkanes) is 1. The van der Waals surface area contributed by atoms with E-state index in [0.29, 0.717) is 31.4 Å². The van der Waals surface area contributed by atoms with Crippen molar-refractivity contribution < 1.29 is 24.1 Å². The van der Waals surface area contributed by atoms with Crippen molar-refractivity contribution in [3.63, 3.8) is 0 Å². The average molecular weight is 443 g/mol. The maximum atomic E-state index is 13.4. The summed E-state index contributed by atoms with van der Waals surface area (Å²) >= 11 is 0. The molecule has 1 aliphatic rings.